The second-order valence-electron chi connectivity index (χ2n) is 4.50. The van der Waals surface area contributed by atoms with Crippen molar-refractivity contribution in [3.8, 4) is 0 Å². The molecule has 1 rings (SSSR count). The zero-order chi connectivity index (χ0) is 13.2. The standard InChI is InChI=1S/C12H19NO3S/c1-7-10(15)8(2)12(4,11(7)16)17-6-5-13-9(3)14/h8,16H,5-6H2,1-4H3,(H,13,14). The van der Waals surface area contributed by atoms with E-state index in [1.165, 1.54) is 18.7 Å². The fraction of sp³-hybridized carbons (Fsp3) is 0.667. The molecule has 5 heteroatoms. The molecule has 4 nitrogen and oxygen atoms in total. The van der Waals surface area contributed by atoms with E-state index in [9.17, 15) is 14.7 Å². The molecule has 0 heterocycles. The van der Waals surface area contributed by atoms with Gasteiger partial charge in [-0.05, 0) is 13.8 Å². The van der Waals surface area contributed by atoms with Gasteiger partial charge >= 0.3 is 0 Å². The number of thioether (sulfide) groups is 1. The summed E-state index contributed by atoms with van der Waals surface area (Å²) in [6.45, 7) is 7.38. The van der Waals surface area contributed by atoms with Gasteiger partial charge in [0.05, 0.1) is 4.75 Å². The summed E-state index contributed by atoms with van der Waals surface area (Å²) in [5.41, 5.74) is 0.465. The van der Waals surface area contributed by atoms with E-state index in [-0.39, 0.29) is 23.4 Å². The SMILES string of the molecule is CC(=O)NCCSC1(C)C(O)=C(C)C(=O)C1C. The van der Waals surface area contributed by atoms with E-state index >= 15 is 0 Å². The highest BCUT2D eigenvalue weighted by Crippen LogP contribution is 2.45. The van der Waals surface area contributed by atoms with Crippen molar-refractivity contribution in [2.24, 2.45) is 5.92 Å². The molecule has 0 fully saturated rings. The van der Waals surface area contributed by atoms with E-state index in [1.807, 2.05) is 13.8 Å². The Morgan fingerprint density at radius 3 is 2.59 bits per heavy atom. The molecular formula is C12H19NO3S. The van der Waals surface area contributed by atoms with Crippen LogP contribution in [0.2, 0.25) is 0 Å². The van der Waals surface area contributed by atoms with Crippen molar-refractivity contribution < 1.29 is 14.7 Å². The molecule has 2 N–H and O–H groups in total. The number of carbonyl (C=O) groups is 2. The molecule has 1 aliphatic rings. The summed E-state index contributed by atoms with van der Waals surface area (Å²) in [6, 6.07) is 0. The number of aliphatic hydroxyl groups excluding tert-OH is 1. The molecule has 0 aromatic carbocycles. The number of nitrogens with one attached hydrogen (secondary N) is 1. The molecule has 0 aliphatic heterocycles. The Balaban J connectivity index is 2.63. The molecule has 0 saturated heterocycles. The maximum atomic E-state index is 11.8. The minimum atomic E-state index is -0.556. The number of amides is 1. The van der Waals surface area contributed by atoms with E-state index in [2.05, 4.69) is 5.32 Å². The van der Waals surface area contributed by atoms with Crippen molar-refractivity contribution in [1.29, 1.82) is 0 Å². The first kappa shape index (κ1) is 14.1. The van der Waals surface area contributed by atoms with Crippen molar-refractivity contribution in [3.05, 3.63) is 11.3 Å². The van der Waals surface area contributed by atoms with Crippen molar-refractivity contribution in [1.82, 2.24) is 5.32 Å². The van der Waals surface area contributed by atoms with E-state index in [0.717, 1.165) is 0 Å². The van der Waals surface area contributed by atoms with Gasteiger partial charge in [0, 0.05) is 30.7 Å². The number of rotatable bonds is 4. The molecule has 0 saturated carbocycles. The summed E-state index contributed by atoms with van der Waals surface area (Å²) in [5, 5.41) is 12.7. The minimum Gasteiger partial charge on any atom is -0.510 e. The molecule has 2 atom stereocenters. The average molecular weight is 257 g/mol. The topological polar surface area (TPSA) is 66.4 Å². The highest BCUT2D eigenvalue weighted by molar-refractivity contribution is 8.00. The number of Topliss-reactive ketones (excluding diaryl/α,β-unsaturated/α-hetero) is 1. The lowest BCUT2D eigenvalue weighted by atomic mass is 9.97. The summed E-state index contributed by atoms with van der Waals surface area (Å²) in [4.78, 5) is 22.5. The van der Waals surface area contributed by atoms with Crippen LogP contribution in [-0.4, -0.2) is 33.8 Å². The lowest BCUT2D eigenvalue weighted by Crippen LogP contribution is -2.32. The molecule has 17 heavy (non-hydrogen) atoms. The minimum absolute atomic E-state index is 0.0111. The van der Waals surface area contributed by atoms with Gasteiger partial charge in [-0.2, -0.15) is 0 Å². The number of allylic oxidation sites excluding steroid dienone is 1. The predicted octanol–water partition coefficient (Wildman–Crippen LogP) is 1.67. The summed E-state index contributed by atoms with van der Waals surface area (Å²) in [7, 11) is 0. The predicted molar refractivity (Wildman–Crippen MR) is 69.0 cm³/mol. The molecule has 1 amide bonds. The fourth-order valence-corrected chi connectivity index (χ4v) is 3.23. The molecule has 0 aromatic heterocycles. The van der Waals surface area contributed by atoms with Crippen LogP contribution >= 0.6 is 11.8 Å². The molecule has 0 radical (unpaired) electrons. The van der Waals surface area contributed by atoms with Crippen molar-refractivity contribution >= 4 is 23.5 Å². The molecule has 0 bridgehead atoms. The molecule has 2 unspecified atom stereocenters. The Morgan fingerprint density at radius 1 is 1.59 bits per heavy atom. The lowest BCUT2D eigenvalue weighted by molar-refractivity contribution is -0.119. The molecular weight excluding hydrogens is 238 g/mol. The Morgan fingerprint density at radius 2 is 2.18 bits per heavy atom. The van der Waals surface area contributed by atoms with Gasteiger partial charge in [0.1, 0.15) is 5.76 Å². The Kier molecular flexibility index (Phi) is 4.25. The lowest BCUT2D eigenvalue weighted by Gasteiger charge is -2.28. The Hall–Kier alpha value is -0.970. The summed E-state index contributed by atoms with van der Waals surface area (Å²) in [5.74, 6) is 0.581. The third kappa shape index (κ3) is 2.65. The summed E-state index contributed by atoms with van der Waals surface area (Å²) in [6.07, 6.45) is 0. The first-order chi connectivity index (χ1) is 7.80. The van der Waals surface area contributed by atoms with Crippen LogP contribution in [0.15, 0.2) is 11.3 Å². The highest BCUT2D eigenvalue weighted by Gasteiger charge is 2.47. The van der Waals surface area contributed by atoms with Gasteiger partial charge in [-0.3, -0.25) is 9.59 Å². The second-order valence-corrected chi connectivity index (χ2v) is 6.04. The van der Waals surface area contributed by atoms with Crippen LogP contribution in [0, 0.1) is 5.92 Å². The van der Waals surface area contributed by atoms with Gasteiger partial charge in [-0.25, -0.2) is 0 Å². The highest BCUT2D eigenvalue weighted by atomic mass is 32.2. The monoisotopic (exact) mass is 257 g/mol. The number of ketones is 1. The molecule has 0 aromatic rings. The Bertz CT molecular complexity index is 378. The van der Waals surface area contributed by atoms with Crippen LogP contribution in [0.5, 0.6) is 0 Å². The van der Waals surface area contributed by atoms with Gasteiger partial charge < -0.3 is 10.4 Å². The maximum absolute atomic E-state index is 11.8. The number of carbonyl (C=O) groups excluding carboxylic acids is 2. The zero-order valence-corrected chi connectivity index (χ0v) is 11.5. The molecule has 1 aliphatic carbocycles. The van der Waals surface area contributed by atoms with Gasteiger partial charge in [0.15, 0.2) is 5.78 Å². The zero-order valence-electron chi connectivity index (χ0n) is 10.7. The number of hydrogen-bond donors (Lipinski definition) is 2. The fourth-order valence-electron chi connectivity index (χ4n) is 1.95. The summed E-state index contributed by atoms with van der Waals surface area (Å²) >= 11 is 1.51. The van der Waals surface area contributed by atoms with E-state index in [1.54, 1.807) is 6.92 Å². The first-order valence-electron chi connectivity index (χ1n) is 5.63. The third-order valence-corrected chi connectivity index (χ3v) is 4.85. The largest absolute Gasteiger partial charge is 0.510 e. The molecule has 0 spiro atoms. The number of aliphatic hydroxyl groups is 1. The Labute approximate surface area is 106 Å². The second kappa shape index (κ2) is 5.12. The quantitative estimate of drug-likeness (QED) is 0.752. The van der Waals surface area contributed by atoms with Gasteiger partial charge in [-0.1, -0.05) is 6.92 Å². The maximum Gasteiger partial charge on any atom is 0.216 e. The summed E-state index contributed by atoms with van der Waals surface area (Å²) < 4.78 is -0.556. The van der Waals surface area contributed by atoms with Crippen LogP contribution in [0.3, 0.4) is 0 Å². The van der Waals surface area contributed by atoms with E-state index in [0.29, 0.717) is 17.9 Å². The average Bonchev–Trinajstić information content (AvgIpc) is 2.41. The third-order valence-electron chi connectivity index (χ3n) is 3.29. The van der Waals surface area contributed by atoms with Gasteiger partial charge in [-0.15, -0.1) is 11.8 Å². The first-order valence-corrected chi connectivity index (χ1v) is 6.62. The van der Waals surface area contributed by atoms with Gasteiger partial charge in [0.2, 0.25) is 5.91 Å². The van der Waals surface area contributed by atoms with Crippen LogP contribution < -0.4 is 5.32 Å². The van der Waals surface area contributed by atoms with E-state index in [4.69, 9.17) is 0 Å². The van der Waals surface area contributed by atoms with Crippen LogP contribution in [0.4, 0.5) is 0 Å². The van der Waals surface area contributed by atoms with Crippen molar-refractivity contribution in [2.75, 3.05) is 12.3 Å². The number of hydrogen-bond acceptors (Lipinski definition) is 4. The smallest absolute Gasteiger partial charge is 0.216 e. The van der Waals surface area contributed by atoms with Crippen molar-refractivity contribution in [3.63, 3.8) is 0 Å². The normalized spacial score (nSPS) is 28.7. The van der Waals surface area contributed by atoms with Crippen LogP contribution in [-0.2, 0) is 9.59 Å². The van der Waals surface area contributed by atoms with Crippen LogP contribution in [0.1, 0.15) is 27.7 Å². The van der Waals surface area contributed by atoms with Crippen molar-refractivity contribution in [2.45, 2.75) is 32.4 Å². The van der Waals surface area contributed by atoms with E-state index < -0.39 is 4.75 Å². The molecule has 96 valence electrons. The van der Waals surface area contributed by atoms with Crippen LogP contribution in [0.25, 0.3) is 0 Å². The van der Waals surface area contributed by atoms with Gasteiger partial charge in [0.25, 0.3) is 0 Å².